The van der Waals surface area contributed by atoms with E-state index in [1.54, 1.807) is 12.1 Å². The van der Waals surface area contributed by atoms with Gasteiger partial charge in [0.2, 0.25) is 5.43 Å². The van der Waals surface area contributed by atoms with Crippen LogP contribution < -0.4 is 10.2 Å². The Kier molecular flexibility index (Phi) is 3.29. The van der Waals surface area contributed by atoms with Crippen LogP contribution >= 0.6 is 0 Å². The molecule has 25 heavy (non-hydrogen) atoms. The summed E-state index contributed by atoms with van der Waals surface area (Å²) in [5.74, 6) is 0.612. The molecule has 2 heterocycles. The minimum Gasteiger partial charge on any atom is -0.508 e. The molecule has 1 aromatic heterocycles. The summed E-state index contributed by atoms with van der Waals surface area (Å²) in [6.45, 7) is 3.91. The van der Waals surface area contributed by atoms with Crippen molar-refractivity contribution in [2.45, 2.75) is 32.3 Å². The number of hydrogen-bond donors (Lipinski definition) is 2. The second kappa shape index (κ2) is 5.28. The van der Waals surface area contributed by atoms with E-state index in [9.17, 15) is 15.0 Å². The summed E-state index contributed by atoms with van der Waals surface area (Å²) in [6, 6.07) is 7.82. The first-order valence-corrected chi connectivity index (χ1v) is 8.14. The van der Waals surface area contributed by atoms with Gasteiger partial charge in [-0.1, -0.05) is 12.1 Å². The third kappa shape index (κ3) is 2.52. The number of hydrogen-bond acceptors (Lipinski definition) is 5. The van der Waals surface area contributed by atoms with Crippen LogP contribution in [0.3, 0.4) is 0 Å². The summed E-state index contributed by atoms with van der Waals surface area (Å²) in [6.07, 6.45) is 2.76. The molecule has 2 N–H and O–H groups in total. The van der Waals surface area contributed by atoms with Crippen molar-refractivity contribution < 1.29 is 19.4 Å². The molecule has 1 aliphatic rings. The van der Waals surface area contributed by atoms with Crippen molar-refractivity contribution in [3.63, 3.8) is 0 Å². The molecule has 0 aliphatic carbocycles. The van der Waals surface area contributed by atoms with Gasteiger partial charge in [-0.2, -0.15) is 0 Å². The van der Waals surface area contributed by atoms with E-state index in [1.165, 1.54) is 24.5 Å². The Morgan fingerprint density at radius 1 is 1.12 bits per heavy atom. The van der Waals surface area contributed by atoms with Crippen LogP contribution in [0.4, 0.5) is 0 Å². The number of benzene rings is 2. The first kappa shape index (κ1) is 15.6. The number of phenols is 2. The summed E-state index contributed by atoms with van der Waals surface area (Å²) in [5.41, 5.74) is 1.32. The van der Waals surface area contributed by atoms with Crippen molar-refractivity contribution in [3.8, 4) is 28.4 Å². The lowest BCUT2D eigenvalue weighted by molar-refractivity contribution is 0.0857. The monoisotopic (exact) mass is 338 g/mol. The molecule has 0 radical (unpaired) electrons. The highest BCUT2D eigenvalue weighted by molar-refractivity contribution is 5.90. The van der Waals surface area contributed by atoms with Gasteiger partial charge in [0.15, 0.2) is 0 Å². The standard InChI is InChI=1S/C20H18O5/c1-20(2)8-7-13-15(22)9-16-17(19(13)25-20)18(23)14(10-24-16)11-3-5-12(21)6-4-11/h3-6,9-10,21-22H,7-8H2,1-2H3. The molecular weight excluding hydrogens is 320 g/mol. The lowest BCUT2D eigenvalue weighted by Crippen LogP contribution is -2.33. The van der Waals surface area contributed by atoms with Gasteiger partial charge in [-0.05, 0) is 44.4 Å². The summed E-state index contributed by atoms with van der Waals surface area (Å²) < 4.78 is 11.7. The zero-order chi connectivity index (χ0) is 17.8. The molecule has 0 spiro atoms. The molecule has 3 aromatic rings. The van der Waals surface area contributed by atoms with Gasteiger partial charge in [-0.3, -0.25) is 4.79 Å². The maximum absolute atomic E-state index is 13.1. The van der Waals surface area contributed by atoms with Crippen LogP contribution in [0, 0.1) is 0 Å². The maximum atomic E-state index is 13.1. The highest BCUT2D eigenvalue weighted by Crippen LogP contribution is 2.42. The van der Waals surface area contributed by atoms with E-state index in [1.807, 2.05) is 13.8 Å². The van der Waals surface area contributed by atoms with Gasteiger partial charge in [0, 0.05) is 11.6 Å². The lowest BCUT2D eigenvalue weighted by Gasteiger charge is -2.33. The molecule has 128 valence electrons. The Balaban J connectivity index is 2.02. The van der Waals surface area contributed by atoms with Crippen LogP contribution in [-0.4, -0.2) is 15.8 Å². The second-order valence-corrected chi connectivity index (χ2v) is 6.96. The van der Waals surface area contributed by atoms with Crippen LogP contribution in [0.15, 0.2) is 45.8 Å². The number of ether oxygens (including phenoxy) is 1. The number of phenolic OH excluding ortho intramolecular Hbond substituents is 2. The number of rotatable bonds is 1. The Morgan fingerprint density at radius 3 is 2.56 bits per heavy atom. The molecule has 0 saturated carbocycles. The summed E-state index contributed by atoms with van der Waals surface area (Å²) in [4.78, 5) is 13.1. The van der Waals surface area contributed by atoms with E-state index in [4.69, 9.17) is 9.15 Å². The van der Waals surface area contributed by atoms with E-state index in [0.717, 1.165) is 6.42 Å². The molecule has 1 aliphatic heterocycles. The van der Waals surface area contributed by atoms with Gasteiger partial charge in [0.1, 0.15) is 40.1 Å². The van der Waals surface area contributed by atoms with Crippen LogP contribution in [-0.2, 0) is 6.42 Å². The largest absolute Gasteiger partial charge is 0.508 e. The average molecular weight is 338 g/mol. The molecule has 0 unspecified atom stereocenters. The van der Waals surface area contributed by atoms with Crippen molar-refractivity contribution in [1.29, 1.82) is 0 Å². The molecule has 0 atom stereocenters. The smallest absolute Gasteiger partial charge is 0.204 e. The predicted molar refractivity (Wildman–Crippen MR) is 94.3 cm³/mol. The van der Waals surface area contributed by atoms with Gasteiger partial charge >= 0.3 is 0 Å². The van der Waals surface area contributed by atoms with Gasteiger partial charge in [-0.15, -0.1) is 0 Å². The van der Waals surface area contributed by atoms with Crippen LogP contribution in [0.2, 0.25) is 0 Å². The van der Waals surface area contributed by atoms with Crippen molar-refractivity contribution in [2.75, 3.05) is 0 Å². The molecule has 5 heteroatoms. The molecule has 0 saturated heterocycles. The molecule has 5 nitrogen and oxygen atoms in total. The van der Waals surface area contributed by atoms with Crippen LogP contribution in [0.25, 0.3) is 22.1 Å². The minimum absolute atomic E-state index is 0.0820. The number of fused-ring (bicyclic) bond motifs is 3. The molecule has 0 bridgehead atoms. The summed E-state index contributed by atoms with van der Waals surface area (Å²) in [5, 5.41) is 20.0. The minimum atomic E-state index is -0.422. The van der Waals surface area contributed by atoms with Gasteiger partial charge in [0.05, 0.1) is 5.56 Å². The first-order valence-electron chi connectivity index (χ1n) is 8.14. The van der Waals surface area contributed by atoms with E-state index >= 15 is 0 Å². The molecular formula is C20H18O5. The molecule has 0 amide bonds. The highest BCUT2D eigenvalue weighted by atomic mass is 16.5. The zero-order valence-corrected chi connectivity index (χ0v) is 14.0. The molecule has 2 aromatic carbocycles. The van der Waals surface area contributed by atoms with Crippen molar-refractivity contribution in [3.05, 3.63) is 52.4 Å². The quantitative estimate of drug-likeness (QED) is 0.702. The van der Waals surface area contributed by atoms with E-state index in [-0.39, 0.29) is 16.9 Å². The maximum Gasteiger partial charge on any atom is 0.204 e. The zero-order valence-electron chi connectivity index (χ0n) is 14.0. The highest BCUT2D eigenvalue weighted by Gasteiger charge is 2.31. The Morgan fingerprint density at radius 2 is 1.84 bits per heavy atom. The van der Waals surface area contributed by atoms with Crippen molar-refractivity contribution >= 4 is 11.0 Å². The average Bonchev–Trinajstić information content (AvgIpc) is 2.55. The van der Waals surface area contributed by atoms with Crippen molar-refractivity contribution in [1.82, 2.24) is 0 Å². The third-order valence-electron chi connectivity index (χ3n) is 4.63. The fraction of sp³-hybridized carbons (Fsp3) is 0.250. The molecule has 4 rings (SSSR count). The third-order valence-corrected chi connectivity index (χ3v) is 4.63. The molecule has 0 fully saturated rings. The fourth-order valence-corrected chi connectivity index (χ4v) is 3.23. The summed E-state index contributed by atoms with van der Waals surface area (Å²) in [7, 11) is 0. The lowest BCUT2D eigenvalue weighted by atomic mass is 9.92. The predicted octanol–water partition coefficient (Wildman–Crippen LogP) is 3.97. The van der Waals surface area contributed by atoms with Crippen LogP contribution in [0.1, 0.15) is 25.8 Å². The summed E-state index contributed by atoms with van der Waals surface area (Å²) >= 11 is 0. The first-order chi connectivity index (χ1) is 11.9. The topological polar surface area (TPSA) is 79.9 Å². The SMILES string of the molecule is CC1(C)CCc2c(O)cc3occ(-c4ccc(O)cc4)c(=O)c3c2O1. The fourth-order valence-electron chi connectivity index (χ4n) is 3.23. The van der Waals surface area contributed by atoms with Gasteiger partial charge in [-0.25, -0.2) is 0 Å². The van der Waals surface area contributed by atoms with E-state index < -0.39 is 5.60 Å². The van der Waals surface area contributed by atoms with E-state index in [0.29, 0.717) is 39.8 Å². The van der Waals surface area contributed by atoms with Gasteiger partial charge in [0.25, 0.3) is 0 Å². The second-order valence-electron chi connectivity index (χ2n) is 6.96. The van der Waals surface area contributed by atoms with Crippen LogP contribution in [0.5, 0.6) is 17.2 Å². The number of aromatic hydroxyl groups is 2. The van der Waals surface area contributed by atoms with E-state index in [2.05, 4.69) is 0 Å². The Hall–Kier alpha value is -2.95. The van der Waals surface area contributed by atoms with Gasteiger partial charge < -0.3 is 19.4 Å². The Bertz CT molecular complexity index is 1030. The van der Waals surface area contributed by atoms with Crippen molar-refractivity contribution in [2.24, 2.45) is 0 Å². The Labute approximate surface area is 144 Å². The normalized spacial score (nSPS) is 15.6.